The van der Waals surface area contributed by atoms with Crippen molar-refractivity contribution in [2.75, 3.05) is 24.7 Å². The first-order valence-corrected chi connectivity index (χ1v) is 17.7. The Morgan fingerprint density at radius 2 is 2.05 bits per heavy atom. The zero-order valence-corrected chi connectivity index (χ0v) is 25.4. The predicted octanol–water partition coefficient (Wildman–Crippen LogP) is -0.807. The summed E-state index contributed by atoms with van der Waals surface area (Å²) in [4.78, 5) is 47.4. The molecule has 0 aromatic carbocycles. The van der Waals surface area contributed by atoms with Gasteiger partial charge >= 0.3 is 6.72 Å². The highest BCUT2D eigenvalue weighted by Gasteiger charge is 2.43. The molecule has 0 spiro atoms. The monoisotopic (exact) mass is 676 g/mol. The van der Waals surface area contributed by atoms with E-state index < -0.39 is 56.3 Å². The van der Waals surface area contributed by atoms with Gasteiger partial charge in [-0.2, -0.15) is 9.67 Å². The molecule has 2 saturated heterocycles. The molecule has 19 nitrogen and oxygen atoms in total. The van der Waals surface area contributed by atoms with Crippen LogP contribution in [0.5, 0.6) is 0 Å². The molecule has 0 amide bonds. The number of hydrogen-bond donors (Lipinski definition) is 6. The van der Waals surface area contributed by atoms with Crippen LogP contribution in [0.4, 0.5) is 11.8 Å². The van der Waals surface area contributed by atoms with Crippen LogP contribution in [0, 0.1) is 0 Å². The Bertz CT molecular complexity index is 1790. The lowest BCUT2D eigenvalue weighted by atomic mass is 10.2. The van der Waals surface area contributed by atoms with Crippen molar-refractivity contribution >= 4 is 71.4 Å². The molecule has 8 atom stereocenters. The van der Waals surface area contributed by atoms with Crippen molar-refractivity contribution in [3.8, 4) is 0 Å². The first-order chi connectivity index (χ1) is 20.5. The molecule has 232 valence electrons. The molecule has 4 aromatic heterocycles. The van der Waals surface area contributed by atoms with E-state index in [1.54, 1.807) is 16.8 Å². The lowest BCUT2D eigenvalue weighted by Gasteiger charge is -2.25. The molecule has 8 N–H and O–H groups in total. The van der Waals surface area contributed by atoms with Crippen molar-refractivity contribution < 1.29 is 37.9 Å². The van der Waals surface area contributed by atoms with Gasteiger partial charge in [-0.1, -0.05) is 5.21 Å². The molecule has 6 rings (SSSR count). The number of ether oxygens (including phenoxy) is 2. The highest BCUT2D eigenvalue weighted by molar-refractivity contribution is 8.07. The number of nitrogens with one attached hydrogen (secondary N) is 1. The molecular weight excluding hydrogens is 650 g/mol. The van der Waals surface area contributed by atoms with Gasteiger partial charge in [0.1, 0.15) is 36.2 Å². The van der Waals surface area contributed by atoms with Crippen LogP contribution in [-0.4, -0.2) is 92.0 Å². The molecule has 0 bridgehead atoms. The minimum atomic E-state index is -3.99. The minimum Gasteiger partial charge on any atom is -0.390 e. The maximum Gasteiger partial charge on any atom is 0.325 e. The topological polar surface area (TPSA) is 266 Å². The summed E-state index contributed by atoms with van der Waals surface area (Å²) in [5, 5.41) is 19.1. The van der Waals surface area contributed by atoms with Crippen LogP contribution >= 0.6 is 13.9 Å². The average Bonchev–Trinajstić information content (AvgIpc) is 3.71. The van der Waals surface area contributed by atoms with Gasteiger partial charge in [0.05, 0.1) is 30.8 Å². The van der Waals surface area contributed by atoms with E-state index in [1.165, 1.54) is 11.0 Å². The van der Waals surface area contributed by atoms with Gasteiger partial charge < -0.3 is 54.0 Å². The Hall–Kier alpha value is -2.52. The fourth-order valence-corrected chi connectivity index (χ4v) is 6.93. The van der Waals surface area contributed by atoms with Crippen LogP contribution in [0.25, 0.3) is 22.2 Å². The second-order valence-corrected chi connectivity index (χ2v) is 14.3. The van der Waals surface area contributed by atoms with E-state index in [4.69, 9.17) is 58.1 Å². The maximum atomic E-state index is 12.3. The Morgan fingerprint density at radius 3 is 2.84 bits per heavy atom. The predicted molar refractivity (Wildman–Crippen MR) is 157 cm³/mol. The molecule has 43 heavy (non-hydrogen) atoms. The molecular formula is C20H26N10O9P2S2. The maximum absolute atomic E-state index is 12.3. The largest absolute Gasteiger partial charge is 0.390 e. The first-order valence-electron chi connectivity index (χ1n) is 12.7. The van der Waals surface area contributed by atoms with Crippen molar-refractivity contribution in [1.29, 1.82) is 0 Å². The van der Waals surface area contributed by atoms with Gasteiger partial charge in [0.25, 0.3) is 5.56 Å². The molecule has 2 aliphatic heterocycles. The second kappa shape index (κ2) is 12.1. The number of aromatic amines is 1. The van der Waals surface area contributed by atoms with E-state index in [9.17, 15) is 19.7 Å². The zero-order valence-electron chi connectivity index (χ0n) is 21.9. The van der Waals surface area contributed by atoms with Crippen LogP contribution < -0.4 is 17.0 Å². The molecule has 0 aliphatic carbocycles. The van der Waals surface area contributed by atoms with E-state index in [0.717, 1.165) is 0 Å². The minimum absolute atomic E-state index is 0.00170. The van der Waals surface area contributed by atoms with Crippen molar-refractivity contribution in [2.45, 2.75) is 49.7 Å². The first kappa shape index (κ1) is 30.5. The zero-order chi connectivity index (χ0) is 30.5. The number of aromatic nitrogens is 8. The van der Waals surface area contributed by atoms with Gasteiger partial charge in [0.2, 0.25) is 5.95 Å². The summed E-state index contributed by atoms with van der Waals surface area (Å²) in [6, 6.07) is 1.75. The number of anilines is 2. The van der Waals surface area contributed by atoms with E-state index >= 15 is 0 Å². The van der Waals surface area contributed by atoms with Crippen molar-refractivity contribution in [3.05, 3.63) is 28.9 Å². The van der Waals surface area contributed by atoms with Gasteiger partial charge in [-0.15, -0.1) is 5.10 Å². The summed E-state index contributed by atoms with van der Waals surface area (Å²) in [6.07, 6.45) is -1.78. The van der Waals surface area contributed by atoms with E-state index in [0.29, 0.717) is 16.9 Å². The third-order valence-corrected chi connectivity index (χ3v) is 9.21. The smallest absolute Gasteiger partial charge is 0.325 e. The summed E-state index contributed by atoms with van der Waals surface area (Å²) in [5.74, 6) is 0.137. The van der Waals surface area contributed by atoms with Crippen molar-refractivity contribution in [2.24, 2.45) is 0 Å². The van der Waals surface area contributed by atoms with Gasteiger partial charge in [0.15, 0.2) is 24.5 Å². The molecule has 0 radical (unpaired) electrons. The van der Waals surface area contributed by atoms with Gasteiger partial charge in [-0.05, 0) is 29.7 Å². The highest BCUT2D eigenvalue weighted by atomic mass is 32.5. The lowest BCUT2D eigenvalue weighted by Crippen LogP contribution is -2.27. The fourth-order valence-electron chi connectivity index (χ4n) is 4.95. The third-order valence-electron chi connectivity index (χ3n) is 6.86. The normalized spacial score (nSPS) is 28.1. The molecule has 4 aromatic rings. The van der Waals surface area contributed by atoms with Crippen LogP contribution in [0.2, 0.25) is 0 Å². The van der Waals surface area contributed by atoms with Crippen LogP contribution in [-0.2, 0) is 46.7 Å². The lowest BCUT2D eigenvalue weighted by molar-refractivity contribution is -0.0569. The number of nitrogens with two attached hydrogens (primary N) is 2. The van der Waals surface area contributed by atoms with Crippen molar-refractivity contribution in [3.63, 3.8) is 0 Å². The quantitative estimate of drug-likeness (QED) is 0.112. The van der Waals surface area contributed by atoms with Gasteiger partial charge in [-0.3, -0.25) is 9.78 Å². The van der Waals surface area contributed by atoms with Gasteiger partial charge in [0, 0.05) is 19.0 Å². The van der Waals surface area contributed by atoms with Crippen molar-refractivity contribution in [1.82, 2.24) is 39.5 Å². The number of aliphatic hydroxyl groups is 1. The molecule has 6 heterocycles. The Morgan fingerprint density at radius 1 is 1.23 bits per heavy atom. The fraction of sp³-hybridized carbons (Fsp3) is 0.500. The van der Waals surface area contributed by atoms with Gasteiger partial charge in [-0.25, -0.2) is 9.97 Å². The molecule has 23 heteroatoms. The number of nitrogen functional groups attached to an aromatic ring is 2. The molecule has 2 unspecified atom stereocenters. The number of rotatable bonds is 10. The Labute approximate surface area is 251 Å². The number of nitrogens with zero attached hydrogens (tertiary/aromatic N) is 7. The molecule has 2 aliphatic rings. The number of hydrogen-bond acceptors (Lipinski definition) is 16. The standard InChI is InChI=1S/C20H26N10O9P2S2/c21-15-9-1-2-29(16(9)24-7-23-15)13-4-10(31)12(38-13)6-36-41(34,43)39-11-3-8(5-35-40(33)42)37-19(11)30-17-14(27-28-30)18(32)26-20(22)25-17/h1-2,7-8,10-13,19,31,40H,3-6H2,(H,33,42)(H,34,43)(H2,21,23,24)(H3,22,25,26,32)/t8-,10-,11+,12+,13+,19+,41?/m0/s1. The van der Waals surface area contributed by atoms with E-state index in [2.05, 4.69) is 30.2 Å². The number of H-pyrrole nitrogens is 1. The van der Waals surface area contributed by atoms with E-state index in [-0.39, 0.29) is 43.2 Å². The summed E-state index contributed by atoms with van der Waals surface area (Å²) < 4.78 is 31.5. The Kier molecular flexibility index (Phi) is 8.59. The van der Waals surface area contributed by atoms with Crippen LogP contribution in [0.1, 0.15) is 25.3 Å². The second-order valence-electron chi connectivity index (χ2n) is 9.68. The summed E-state index contributed by atoms with van der Waals surface area (Å²) in [7, 11) is -2.43. The average molecular weight is 677 g/mol. The molecule has 0 saturated carbocycles. The van der Waals surface area contributed by atoms with Crippen LogP contribution in [0.3, 0.4) is 0 Å². The third kappa shape index (κ3) is 6.35. The van der Waals surface area contributed by atoms with Crippen LogP contribution in [0.15, 0.2) is 23.4 Å². The summed E-state index contributed by atoms with van der Waals surface area (Å²) in [6.45, 7) is -4.37. The molecule has 2 fully saturated rings. The summed E-state index contributed by atoms with van der Waals surface area (Å²) >= 11 is 10.0. The number of fused-ring (bicyclic) bond motifs is 2. The SMILES string of the molecule is Nc1nc2c(nnn2[C@@H]2O[C@H](CO[PH](O)=S)C[C@H]2OP(O)(=S)OC[C@H]2O[C@@H](n3ccc4c(N)ncnc43)C[C@@H]2O)c(=O)[nH]1. The van der Waals surface area contributed by atoms with E-state index in [1.807, 2.05) is 0 Å². The summed E-state index contributed by atoms with van der Waals surface area (Å²) in [5.41, 5.74) is 11.4. The Balaban J connectivity index is 1.16. The highest BCUT2D eigenvalue weighted by Crippen LogP contribution is 2.50. The number of aliphatic hydroxyl groups excluding tert-OH is 1.